The molecule has 0 unspecified atom stereocenters. The summed E-state index contributed by atoms with van der Waals surface area (Å²) in [4.78, 5) is 20.4. The van der Waals surface area contributed by atoms with Crippen molar-refractivity contribution in [2.75, 3.05) is 13.7 Å². The van der Waals surface area contributed by atoms with Crippen molar-refractivity contribution in [1.82, 2.24) is 15.4 Å². The average molecular weight is 441 g/mol. The first-order valence-corrected chi connectivity index (χ1v) is 10.3. The van der Waals surface area contributed by atoms with Gasteiger partial charge >= 0.3 is 0 Å². The summed E-state index contributed by atoms with van der Waals surface area (Å²) in [6, 6.07) is 12.9. The second-order valence-corrected chi connectivity index (χ2v) is 7.26. The van der Waals surface area contributed by atoms with Crippen LogP contribution in [0.1, 0.15) is 18.1 Å². The fraction of sp³-hybridized carbons (Fsp3) is 0.182. The number of carbonyl (C=O) groups excluding carboxylic acids is 1. The number of hydrogen-bond donors (Lipinski definition) is 1. The van der Waals surface area contributed by atoms with Gasteiger partial charge in [-0.25, -0.2) is 19.8 Å². The number of hydrazone groups is 1. The summed E-state index contributed by atoms with van der Waals surface area (Å²) in [6.45, 7) is 1.56. The van der Waals surface area contributed by atoms with Crippen molar-refractivity contribution >= 4 is 23.4 Å². The third-order valence-corrected chi connectivity index (χ3v) is 5.05. The quantitative estimate of drug-likeness (QED) is 0.236. The number of amides is 1. The average Bonchev–Trinajstić information content (AvgIpc) is 2.81. The Morgan fingerprint density at radius 2 is 1.90 bits per heavy atom. The van der Waals surface area contributed by atoms with Crippen molar-refractivity contribution in [1.29, 1.82) is 0 Å². The second kappa shape index (κ2) is 11.1. The topological polar surface area (TPSA) is 85.7 Å². The molecule has 0 saturated carbocycles. The lowest BCUT2D eigenvalue weighted by molar-refractivity contribution is -0.123. The smallest absolute Gasteiger partial charge is 0.277 e. The molecule has 1 heterocycles. The number of nitrogens with one attached hydrogen (secondary N) is 1. The van der Waals surface area contributed by atoms with E-state index >= 15 is 0 Å². The molecule has 0 spiro atoms. The van der Waals surface area contributed by atoms with Crippen molar-refractivity contribution < 1.29 is 18.7 Å². The van der Waals surface area contributed by atoms with Crippen molar-refractivity contribution in [2.45, 2.75) is 17.8 Å². The van der Waals surface area contributed by atoms with Gasteiger partial charge in [0.15, 0.2) is 11.8 Å². The summed E-state index contributed by atoms with van der Waals surface area (Å²) in [6.07, 6.45) is 3.39. The highest BCUT2D eigenvalue weighted by Crippen LogP contribution is 2.27. The molecule has 1 N–H and O–H groups in total. The fourth-order valence-electron chi connectivity index (χ4n) is 2.54. The lowest BCUT2D eigenvalue weighted by Crippen LogP contribution is -2.25. The largest absolute Gasteiger partial charge is 0.496 e. The molecular formula is C22H21FN4O3S. The lowest BCUT2D eigenvalue weighted by Gasteiger charge is -2.11. The van der Waals surface area contributed by atoms with Crippen LogP contribution >= 0.6 is 11.8 Å². The predicted octanol–water partition coefficient (Wildman–Crippen LogP) is 3.84. The molecule has 0 atom stereocenters. The molecule has 1 aromatic heterocycles. The Bertz CT molecular complexity index is 1050. The van der Waals surface area contributed by atoms with Gasteiger partial charge in [0, 0.05) is 23.7 Å². The molecule has 0 bridgehead atoms. The zero-order valence-electron chi connectivity index (χ0n) is 17.0. The van der Waals surface area contributed by atoms with Crippen LogP contribution in [0.2, 0.25) is 0 Å². The molecule has 9 heteroatoms. The van der Waals surface area contributed by atoms with E-state index in [0.29, 0.717) is 22.4 Å². The maximum atomic E-state index is 12.9. The van der Waals surface area contributed by atoms with Crippen LogP contribution in [0.5, 0.6) is 11.5 Å². The predicted molar refractivity (Wildman–Crippen MR) is 117 cm³/mol. The van der Waals surface area contributed by atoms with Gasteiger partial charge in [-0.05, 0) is 61.0 Å². The van der Waals surface area contributed by atoms with E-state index in [4.69, 9.17) is 9.47 Å². The number of aromatic nitrogens is 2. The Hall–Kier alpha value is -3.46. The lowest BCUT2D eigenvalue weighted by atomic mass is 10.1. The Morgan fingerprint density at radius 1 is 1.16 bits per heavy atom. The molecule has 0 radical (unpaired) electrons. The van der Waals surface area contributed by atoms with Crippen LogP contribution in [-0.4, -0.2) is 35.3 Å². The van der Waals surface area contributed by atoms with Gasteiger partial charge in [0.05, 0.1) is 12.8 Å². The van der Waals surface area contributed by atoms with Crippen LogP contribution in [-0.2, 0) is 10.5 Å². The molecule has 3 aromatic rings. The molecule has 1 amide bonds. The Kier molecular flexibility index (Phi) is 7.94. The van der Waals surface area contributed by atoms with Gasteiger partial charge in [0.1, 0.15) is 17.3 Å². The number of halogens is 1. The van der Waals surface area contributed by atoms with E-state index in [9.17, 15) is 9.18 Å². The molecule has 0 aliphatic carbocycles. The molecule has 7 nitrogen and oxygen atoms in total. The van der Waals surface area contributed by atoms with Gasteiger partial charge in [-0.2, -0.15) is 5.10 Å². The van der Waals surface area contributed by atoms with Gasteiger partial charge in [0.25, 0.3) is 5.91 Å². The number of hydrogen-bond acceptors (Lipinski definition) is 7. The third kappa shape index (κ3) is 6.78. The number of thioether (sulfide) groups is 1. The van der Waals surface area contributed by atoms with Crippen molar-refractivity contribution in [3.63, 3.8) is 0 Å². The van der Waals surface area contributed by atoms with Crippen LogP contribution in [0.25, 0.3) is 0 Å². The standard InChI is InChI=1S/C22H21FN4O3S/c1-15(26-27-21(28)13-30-19-7-5-18(23)6-8-19)16-4-9-20(29-2)17(12-16)14-31-22-24-10-3-11-25-22/h3-12H,13-14H2,1-2H3,(H,27,28). The van der Waals surface area contributed by atoms with Crippen LogP contribution < -0.4 is 14.9 Å². The highest BCUT2D eigenvalue weighted by molar-refractivity contribution is 7.98. The minimum absolute atomic E-state index is 0.232. The molecule has 160 valence electrons. The van der Waals surface area contributed by atoms with Gasteiger partial charge in [-0.3, -0.25) is 4.79 Å². The molecule has 31 heavy (non-hydrogen) atoms. The molecule has 2 aromatic carbocycles. The van der Waals surface area contributed by atoms with E-state index in [1.165, 1.54) is 36.0 Å². The summed E-state index contributed by atoms with van der Waals surface area (Å²) < 4.78 is 23.6. The Morgan fingerprint density at radius 3 is 2.61 bits per heavy atom. The minimum Gasteiger partial charge on any atom is -0.496 e. The Labute approximate surface area is 183 Å². The van der Waals surface area contributed by atoms with Crippen molar-refractivity contribution in [2.24, 2.45) is 5.10 Å². The first kappa shape index (κ1) is 22.2. The van der Waals surface area contributed by atoms with E-state index in [1.54, 1.807) is 32.5 Å². The van der Waals surface area contributed by atoms with Crippen LogP contribution in [0.4, 0.5) is 4.39 Å². The number of ether oxygens (including phenoxy) is 2. The summed E-state index contributed by atoms with van der Waals surface area (Å²) >= 11 is 1.50. The van der Waals surface area contributed by atoms with Crippen molar-refractivity contribution in [3.05, 3.63) is 77.9 Å². The van der Waals surface area contributed by atoms with Gasteiger partial charge in [-0.1, -0.05) is 11.8 Å². The summed E-state index contributed by atoms with van der Waals surface area (Å²) in [5, 5.41) is 4.82. The minimum atomic E-state index is -0.422. The molecule has 3 rings (SSSR count). The zero-order chi connectivity index (χ0) is 22.1. The summed E-state index contributed by atoms with van der Waals surface area (Å²) in [5.41, 5.74) is 4.88. The van der Waals surface area contributed by atoms with Gasteiger partial charge in [-0.15, -0.1) is 0 Å². The first-order chi connectivity index (χ1) is 15.0. The molecule has 0 saturated heterocycles. The van der Waals surface area contributed by atoms with Crippen LogP contribution in [0, 0.1) is 5.82 Å². The van der Waals surface area contributed by atoms with Gasteiger partial charge < -0.3 is 9.47 Å². The molecule has 0 aliphatic rings. The zero-order valence-corrected chi connectivity index (χ0v) is 17.9. The van der Waals surface area contributed by atoms with Crippen LogP contribution in [0.3, 0.4) is 0 Å². The third-order valence-electron chi connectivity index (χ3n) is 4.13. The van der Waals surface area contributed by atoms with E-state index in [0.717, 1.165) is 16.9 Å². The highest BCUT2D eigenvalue weighted by atomic mass is 32.2. The Balaban J connectivity index is 1.60. The van der Waals surface area contributed by atoms with Crippen LogP contribution in [0.15, 0.2) is 71.2 Å². The normalized spacial score (nSPS) is 11.1. The summed E-state index contributed by atoms with van der Waals surface area (Å²) in [7, 11) is 1.62. The van der Waals surface area contributed by atoms with E-state index in [1.807, 2.05) is 18.2 Å². The van der Waals surface area contributed by atoms with E-state index in [-0.39, 0.29) is 12.4 Å². The monoisotopic (exact) mass is 440 g/mol. The number of carbonyl (C=O) groups is 1. The van der Waals surface area contributed by atoms with E-state index in [2.05, 4.69) is 20.5 Å². The maximum absolute atomic E-state index is 12.9. The van der Waals surface area contributed by atoms with Crippen molar-refractivity contribution in [3.8, 4) is 11.5 Å². The van der Waals surface area contributed by atoms with E-state index < -0.39 is 5.91 Å². The molecular weight excluding hydrogens is 419 g/mol. The first-order valence-electron chi connectivity index (χ1n) is 9.34. The SMILES string of the molecule is COc1ccc(C(C)=NNC(=O)COc2ccc(F)cc2)cc1CSc1ncccn1. The highest BCUT2D eigenvalue weighted by Gasteiger charge is 2.09. The molecule has 0 aliphatic heterocycles. The molecule has 0 fully saturated rings. The fourth-order valence-corrected chi connectivity index (χ4v) is 3.32. The number of benzene rings is 2. The number of methoxy groups -OCH3 is 1. The van der Waals surface area contributed by atoms with Gasteiger partial charge in [0.2, 0.25) is 0 Å². The number of rotatable bonds is 9. The number of nitrogens with zero attached hydrogens (tertiary/aromatic N) is 3. The summed E-state index contributed by atoms with van der Waals surface area (Å²) in [5.74, 6) is 0.972. The second-order valence-electron chi connectivity index (χ2n) is 6.32. The maximum Gasteiger partial charge on any atom is 0.277 e.